The second kappa shape index (κ2) is 7.46. The molecule has 132 valence electrons. The highest BCUT2D eigenvalue weighted by Gasteiger charge is 2.18. The largest absolute Gasteiger partial charge is 0.342 e. The van der Waals surface area contributed by atoms with E-state index in [9.17, 15) is 0 Å². The molecule has 0 aliphatic carbocycles. The number of benzene rings is 4. The van der Waals surface area contributed by atoms with Gasteiger partial charge in [-0.3, -0.25) is 0 Å². The van der Waals surface area contributed by atoms with Crippen LogP contribution in [0.1, 0.15) is 0 Å². The molecule has 4 rings (SSSR count). The van der Waals surface area contributed by atoms with Gasteiger partial charge in [0.15, 0.2) is 0 Å². The van der Waals surface area contributed by atoms with Crippen molar-refractivity contribution in [3.8, 4) is 22.3 Å². The Bertz CT molecular complexity index is 1030. The third-order valence-electron chi connectivity index (χ3n) is 4.73. The lowest BCUT2D eigenvalue weighted by molar-refractivity contribution is 0.628. The summed E-state index contributed by atoms with van der Waals surface area (Å²) in [4.78, 5) is 1.91. The zero-order valence-corrected chi connectivity index (χ0v) is 15.1. The van der Waals surface area contributed by atoms with Gasteiger partial charge in [-0.2, -0.15) is 0 Å². The van der Waals surface area contributed by atoms with Gasteiger partial charge in [-0.05, 0) is 41.0 Å². The molecule has 0 radical (unpaired) electrons. The molecule has 0 spiro atoms. The Morgan fingerprint density at radius 1 is 0.593 bits per heavy atom. The van der Waals surface area contributed by atoms with E-state index in [1.807, 2.05) is 103 Å². The first kappa shape index (κ1) is 17.0. The maximum absolute atomic E-state index is 15.4. The minimum absolute atomic E-state index is 0.235. The minimum Gasteiger partial charge on any atom is -0.342 e. The highest BCUT2D eigenvalue weighted by Crippen LogP contribution is 2.39. The molecule has 0 saturated heterocycles. The molecular formula is C25H20FN. The molecule has 0 unspecified atom stereocenters. The molecule has 0 amide bonds. The molecule has 0 bridgehead atoms. The van der Waals surface area contributed by atoms with Gasteiger partial charge in [-0.1, -0.05) is 78.9 Å². The monoisotopic (exact) mass is 353 g/mol. The van der Waals surface area contributed by atoms with Crippen LogP contribution in [0.15, 0.2) is 103 Å². The maximum Gasteiger partial charge on any atom is 0.148 e. The number of rotatable bonds is 4. The van der Waals surface area contributed by atoms with Crippen LogP contribution in [0.5, 0.6) is 0 Å². The third kappa shape index (κ3) is 3.47. The molecule has 2 heteroatoms. The van der Waals surface area contributed by atoms with E-state index in [1.165, 1.54) is 0 Å². The predicted molar refractivity (Wildman–Crippen MR) is 112 cm³/mol. The number of halogens is 1. The molecule has 0 atom stereocenters. The van der Waals surface area contributed by atoms with Gasteiger partial charge < -0.3 is 4.90 Å². The Morgan fingerprint density at radius 3 is 1.70 bits per heavy atom. The molecule has 4 aromatic carbocycles. The second-order valence-corrected chi connectivity index (χ2v) is 6.48. The van der Waals surface area contributed by atoms with E-state index < -0.39 is 0 Å². The van der Waals surface area contributed by atoms with E-state index in [4.69, 9.17) is 0 Å². The summed E-state index contributed by atoms with van der Waals surface area (Å²) in [6, 6.07) is 33.4. The van der Waals surface area contributed by atoms with Crippen molar-refractivity contribution < 1.29 is 4.39 Å². The molecule has 1 nitrogen and oxygen atoms in total. The summed E-state index contributed by atoms with van der Waals surface area (Å²) in [5, 5.41) is 0. The number of nitrogens with zero attached hydrogens (tertiary/aromatic N) is 1. The van der Waals surface area contributed by atoms with Crippen LogP contribution in [0.25, 0.3) is 22.3 Å². The van der Waals surface area contributed by atoms with Crippen molar-refractivity contribution >= 4 is 11.4 Å². The zero-order valence-electron chi connectivity index (χ0n) is 15.1. The molecule has 27 heavy (non-hydrogen) atoms. The van der Waals surface area contributed by atoms with Crippen LogP contribution in [0.4, 0.5) is 15.8 Å². The number of para-hydroxylation sites is 1. The van der Waals surface area contributed by atoms with E-state index in [0.29, 0.717) is 5.69 Å². The lowest BCUT2D eigenvalue weighted by Crippen LogP contribution is -2.12. The Morgan fingerprint density at radius 2 is 1.11 bits per heavy atom. The van der Waals surface area contributed by atoms with Crippen molar-refractivity contribution in [1.82, 2.24) is 0 Å². The fourth-order valence-electron chi connectivity index (χ4n) is 3.36. The number of anilines is 2. The van der Waals surface area contributed by atoms with Crippen LogP contribution in [0.2, 0.25) is 0 Å². The van der Waals surface area contributed by atoms with Gasteiger partial charge in [0.1, 0.15) is 5.82 Å². The second-order valence-electron chi connectivity index (χ2n) is 6.48. The van der Waals surface area contributed by atoms with Gasteiger partial charge in [-0.25, -0.2) is 4.39 Å². The fraction of sp³-hybridized carbons (Fsp3) is 0.0400. The van der Waals surface area contributed by atoms with Crippen LogP contribution >= 0.6 is 0 Å². The predicted octanol–water partition coefficient (Wildman–Crippen LogP) is 6.93. The van der Waals surface area contributed by atoms with Crippen LogP contribution in [0, 0.1) is 5.82 Å². The average Bonchev–Trinajstić information content (AvgIpc) is 2.74. The van der Waals surface area contributed by atoms with E-state index in [-0.39, 0.29) is 5.82 Å². The number of hydrogen-bond donors (Lipinski definition) is 0. The van der Waals surface area contributed by atoms with Crippen molar-refractivity contribution in [3.05, 3.63) is 109 Å². The molecule has 0 saturated carbocycles. The van der Waals surface area contributed by atoms with E-state index in [2.05, 4.69) is 6.07 Å². The molecule has 0 fully saturated rings. The van der Waals surface area contributed by atoms with Gasteiger partial charge in [-0.15, -0.1) is 0 Å². The van der Waals surface area contributed by atoms with Crippen molar-refractivity contribution in [2.24, 2.45) is 0 Å². The summed E-state index contributed by atoms with van der Waals surface area (Å²) < 4.78 is 15.4. The lowest BCUT2D eigenvalue weighted by atomic mass is 9.96. The van der Waals surface area contributed by atoms with Gasteiger partial charge in [0.2, 0.25) is 0 Å². The van der Waals surface area contributed by atoms with E-state index in [0.717, 1.165) is 27.9 Å². The van der Waals surface area contributed by atoms with Gasteiger partial charge >= 0.3 is 0 Å². The Hall–Kier alpha value is -3.39. The van der Waals surface area contributed by atoms with E-state index >= 15 is 4.39 Å². The van der Waals surface area contributed by atoms with Gasteiger partial charge in [0.25, 0.3) is 0 Å². The fourth-order valence-corrected chi connectivity index (χ4v) is 3.36. The molecule has 0 aliphatic heterocycles. The summed E-state index contributed by atoms with van der Waals surface area (Å²) in [7, 11) is 1.91. The third-order valence-corrected chi connectivity index (χ3v) is 4.73. The first-order chi connectivity index (χ1) is 13.2. The van der Waals surface area contributed by atoms with Crippen LogP contribution in [-0.2, 0) is 0 Å². The summed E-state index contributed by atoms with van der Waals surface area (Å²) >= 11 is 0. The Labute approximate surface area is 159 Å². The SMILES string of the molecule is CN(c1ccccc1)c1c(F)cc(-c2ccccc2)cc1-c1ccccc1. The molecule has 0 aromatic heterocycles. The molecular weight excluding hydrogens is 333 g/mol. The maximum atomic E-state index is 15.4. The summed E-state index contributed by atoms with van der Waals surface area (Å²) in [5.74, 6) is -0.235. The smallest absolute Gasteiger partial charge is 0.148 e. The summed E-state index contributed by atoms with van der Waals surface area (Å²) in [6.45, 7) is 0. The first-order valence-corrected chi connectivity index (χ1v) is 8.97. The van der Waals surface area contributed by atoms with E-state index in [1.54, 1.807) is 6.07 Å². The first-order valence-electron chi connectivity index (χ1n) is 8.97. The Balaban J connectivity index is 1.93. The summed E-state index contributed by atoms with van der Waals surface area (Å²) in [6.07, 6.45) is 0. The van der Waals surface area contributed by atoms with Crippen molar-refractivity contribution in [2.45, 2.75) is 0 Å². The highest BCUT2D eigenvalue weighted by molar-refractivity contribution is 5.86. The molecule has 0 heterocycles. The number of hydrogen-bond acceptors (Lipinski definition) is 1. The average molecular weight is 353 g/mol. The van der Waals surface area contributed by atoms with Gasteiger partial charge in [0, 0.05) is 18.3 Å². The summed E-state index contributed by atoms with van der Waals surface area (Å²) in [5.41, 5.74) is 5.26. The standard InChI is InChI=1S/C25H20FN/c1-27(22-15-9-4-10-16-22)25-23(20-13-7-3-8-14-20)17-21(18-24(25)26)19-11-5-2-6-12-19/h2-18H,1H3. The normalized spacial score (nSPS) is 10.6. The van der Waals surface area contributed by atoms with Crippen LogP contribution in [-0.4, -0.2) is 7.05 Å². The van der Waals surface area contributed by atoms with Crippen LogP contribution < -0.4 is 4.90 Å². The van der Waals surface area contributed by atoms with Crippen molar-refractivity contribution in [2.75, 3.05) is 11.9 Å². The lowest BCUT2D eigenvalue weighted by Gasteiger charge is -2.24. The highest BCUT2D eigenvalue weighted by atomic mass is 19.1. The zero-order chi connectivity index (χ0) is 18.6. The van der Waals surface area contributed by atoms with Crippen LogP contribution in [0.3, 0.4) is 0 Å². The molecule has 4 aromatic rings. The van der Waals surface area contributed by atoms with Crippen molar-refractivity contribution in [3.63, 3.8) is 0 Å². The molecule has 0 N–H and O–H groups in total. The van der Waals surface area contributed by atoms with Crippen molar-refractivity contribution in [1.29, 1.82) is 0 Å². The molecule has 0 aliphatic rings. The van der Waals surface area contributed by atoms with Gasteiger partial charge in [0.05, 0.1) is 5.69 Å². The minimum atomic E-state index is -0.235. The topological polar surface area (TPSA) is 3.24 Å². The quantitative estimate of drug-likeness (QED) is 0.384. The Kier molecular flexibility index (Phi) is 4.71.